The molecule has 1 amide bonds. The van der Waals surface area contributed by atoms with Crippen molar-refractivity contribution in [1.82, 2.24) is 19.5 Å². The molecule has 7 nitrogen and oxygen atoms in total. The van der Waals surface area contributed by atoms with E-state index < -0.39 is 0 Å². The van der Waals surface area contributed by atoms with Crippen LogP contribution in [0.5, 0.6) is 5.75 Å². The summed E-state index contributed by atoms with van der Waals surface area (Å²) in [5.74, 6) is 0.664. The van der Waals surface area contributed by atoms with E-state index in [0.717, 1.165) is 22.6 Å². The second kappa shape index (κ2) is 10.6. The molecule has 1 fully saturated rings. The Kier molecular flexibility index (Phi) is 6.85. The summed E-state index contributed by atoms with van der Waals surface area (Å²) in [6.45, 7) is 2.58. The minimum Gasteiger partial charge on any atom is -0.497 e. The van der Waals surface area contributed by atoms with Crippen LogP contribution in [0.15, 0.2) is 84.9 Å². The van der Waals surface area contributed by atoms with Crippen molar-refractivity contribution in [2.75, 3.05) is 38.2 Å². The van der Waals surface area contributed by atoms with Gasteiger partial charge in [-0.2, -0.15) is 5.10 Å². The van der Waals surface area contributed by atoms with E-state index in [1.807, 2.05) is 89.8 Å². The third kappa shape index (κ3) is 5.15. The molecule has 1 aliphatic heterocycles. The highest BCUT2D eigenvalue weighted by molar-refractivity contribution is 6.31. The van der Waals surface area contributed by atoms with E-state index in [4.69, 9.17) is 38.0 Å². The van der Waals surface area contributed by atoms with Crippen LogP contribution in [0.4, 0.5) is 5.69 Å². The number of hydrogen-bond acceptors (Lipinski definition) is 5. The topological polar surface area (TPSA) is 63.0 Å². The molecule has 0 N–H and O–H groups in total. The van der Waals surface area contributed by atoms with Gasteiger partial charge >= 0.3 is 0 Å². The van der Waals surface area contributed by atoms with Gasteiger partial charge in [-0.05, 0) is 60.7 Å². The number of nitrogens with zero attached hydrogens (tertiary/aromatic N) is 5. The maximum atomic E-state index is 13.9. The number of carbonyl (C=O) groups excluding carboxylic acids is 1. The SMILES string of the molecule is COc1ccc(-c2cc(C(=O)N3CCN(c4cccc(Cl)c4)CC3)n3nc(-c4ccc(Cl)cc4)cc3n2)cc1. The number of benzene rings is 3. The molecule has 0 bridgehead atoms. The van der Waals surface area contributed by atoms with Gasteiger partial charge in [-0.15, -0.1) is 0 Å². The zero-order valence-electron chi connectivity index (χ0n) is 21.2. The molecule has 1 saturated heterocycles. The lowest BCUT2D eigenvalue weighted by Gasteiger charge is -2.36. The molecule has 0 radical (unpaired) electrons. The van der Waals surface area contributed by atoms with Gasteiger partial charge in [0.2, 0.25) is 0 Å². The van der Waals surface area contributed by atoms with Crippen LogP contribution >= 0.6 is 23.2 Å². The number of hydrogen-bond donors (Lipinski definition) is 0. The Morgan fingerprint density at radius 3 is 2.18 bits per heavy atom. The largest absolute Gasteiger partial charge is 0.497 e. The van der Waals surface area contributed by atoms with Crippen molar-refractivity contribution in [2.24, 2.45) is 0 Å². The summed E-state index contributed by atoms with van der Waals surface area (Å²) in [5, 5.41) is 6.13. The van der Waals surface area contributed by atoms with Gasteiger partial charge in [0.05, 0.1) is 18.5 Å². The van der Waals surface area contributed by atoms with E-state index in [1.165, 1.54) is 0 Å². The monoisotopic (exact) mass is 557 g/mol. The molecular formula is C30H25Cl2N5O2. The summed E-state index contributed by atoms with van der Waals surface area (Å²) in [5.41, 5.74) is 5.29. The van der Waals surface area contributed by atoms with Crippen LogP contribution in [0.2, 0.25) is 10.0 Å². The van der Waals surface area contributed by atoms with Gasteiger partial charge < -0.3 is 14.5 Å². The predicted molar refractivity (Wildman–Crippen MR) is 155 cm³/mol. The van der Waals surface area contributed by atoms with Crippen LogP contribution in [0.3, 0.4) is 0 Å². The van der Waals surface area contributed by atoms with E-state index in [0.29, 0.717) is 59.0 Å². The zero-order valence-corrected chi connectivity index (χ0v) is 22.7. The number of ether oxygens (including phenoxy) is 1. The van der Waals surface area contributed by atoms with Crippen LogP contribution in [-0.4, -0.2) is 58.7 Å². The van der Waals surface area contributed by atoms with Gasteiger partial charge in [-0.3, -0.25) is 4.79 Å². The van der Waals surface area contributed by atoms with Crippen LogP contribution in [-0.2, 0) is 0 Å². The first-order valence-electron chi connectivity index (χ1n) is 12.6. The van der Waals surface area contributed by atoms with Crippen LogP contribution < -0.4 is 9.64 Å². The fourth-order valence-corrected chi connectivity index (χ4v) is 5.11. The summed E-state index contributed by atoms with van der Waals surface area (Å²) >= 11 is 12.3. The van der Waals surface area contributed by atoms with Gasteiger partial charge in [-0.1, -0.05) is 41.4 Å². The fourth-order valence-electron chi connectivity index (χ4n) is 4.80. The molecule has 2 aromatic heterocycles. The normalized spacial score (nSPS) is 13.6. The molecule has 39 heavy (non-hydrogen) atoms. The number of halogens is 2. The van der Waals surface area contributed by atoms with E-state index in [-0.39, 0.29) is 5.91 Å². The Bertz CT molecular complexity index is 1640. The number of rotatable bonds is 5. The lowest BCUT2D eigenvalue weighted by molar-refractivity contribution is 0.0738. The van der Waals surface area contributed by atoms with Crippen LogP contribution in [0.25, 0.3) is 28.2 Å². The third-order valence-electron chi connectivity index (χ3n) is 6.91. The van der Waals surface area contributed by atoms with Gasteiger partial charge in [-0.25, -0.2) is 9.50 Å². The lowest BCUT2D eigenvalue weighted by Crippen LogP contribution is -2.49. The van der Waals surface area contributed by atoms with Gasteiger partial charge in [0, 0.05) is 59.1 Å². The number of amides is 1. The number of anilines is 1. The lowest BCUT2D eigenvalue weighted by atomic mass is 10.1. The Hall–Kier alpha value is -4.07. The number of piperazine rings is 1. The van der Waals surface area contributed by atoms with E-state index in [9.17, 15) is 4.79 Å². The van der Waals surface area contributed by atoms with Gasteiger partial charge in [0.15, 0.2) is 5.65 Å². The summed E-state index contributed by atoms with van der Waals surface area (Å²) < 4.78 is 6.95. The smallest absolute Gasteiger partial charge is 0.272 e. The summed E-state index contributed by atoms with van der Waals surface area (Å²) in [6.07, 6.45) is 0. The molecular weight excluding hydrogens is 533 g/mol. The highest BCUT2D eigenvalue weighted by Crippen LogP contribution is 2.27. The predicted octanol–water partition coefficient (Wildman–Crippen LogP) is 6.34. The second-order valence-electron chi connectivity index (χ2n) is 9.32. The number of aromatic nitrogens is 3. The van der Waals surface area contributed by atoms with Crippen molar-refractivity contribution < 1.29 is 9.53 Å². The maximum absolute atomic E-state index is 13.9. The van der Waals surface area contributed by atoms with Crippen molar-refractivity contribution in [3.8, 4) is 28.3 Å². The molecule has 9 heteroatoms. The van der Waals surface area contributed by atoms with Crippen molar-refractivity contribution in [2.45, 2.75) is 0 Å². The Morgan fingerprint density at radius 1 is 0.795 bits per heavy atom. The first-order chi connectivity index (χ1) is 19.0. The van der Waals surface area contributed by atoms with E-state index in [2.05, 4.69) is 4.90 Å². The van der Waals surface area contributed by atoms with E-state index >= 15 is 0 Å². The van der Waals surface area contributed by atoms with Gasteiger partial charge in [0.1, 0.15) is 11.4 Å². The maximum Gasteiger partial charge on any atom is 0.272 e. The quantitative estimate of drug-likeness (QED) is 0.252. The molecule has 5 aromatic rings. The first-order valence-corrected chi connectivity index (χ1v) is 13.3. The average Bonchev–Trinajstić information content (AvgIpc) is 3.41. The molecule has 1 aliphatic rings. The molecule has 0 saturated carbocycles. The Labute approximate surface area is 236 Å². The first kappa shape index (κ1) is 25.2. The van der Waals surface area contributed by atoms with Crippen molar-refractivity contribution >= 4 is 40.4 Å². The van der Waals surface area contributed by atoms with Crippen molar-refractivity contribution in [3.05, 3.63) is 101 Å². The molecule has 0 aliphatic carbocycles. The zero-order chi connectivity index (χ0) is 26.9. The minimum atomic E-state index is -0.0892. The van der Waals surface area contributed by atoms with Gasteiger partial charge in [0.25, 0.3) is 5.91 Å². The molecule has 6 rings (SSSR count). The Balaban J connectivity index is 1.36. The molecule has 0 unspecified atom stereocenters. The molecule has 3 aromatic carbocycles. The van der Waals surface area contributed by atoms with Crippen LogP contribution in [0, 0.1) is 0 Å². The fraction of sp³-hybridized carbons (Fsp3) is 0.167. The highest BCUT2D eigenvalue weighted by atomic mass is 35.5. The number of methoxy groups -OCH3 is 1. The summed E-state index contributed by atoms with van der Waals surface area (Å²) in [4.78, 5) is 22.9. The number of carbonyl (C=O) groups is 1. The third-order valence-corrected chi connectivity index (χ3v) is 7.40. The highest BCUT2D eigenvalue weighted by Gasteiger charge is 2.26. The summed E-state index contributed by atoms with van der Waals surface area (Å²) in [6, 6.07) is 26.6. The Morgan fingerprint density at radius 2 is 1.49 bits per heavy atom. The summed E-state index contributed by atoms with van der Waals surface area (Å²) in [7, 11) is 1.63. The standard InChI is InChI=1S/C30H25Cl2N5O2/c1-39-25-11-7-20(8-12-25)26-18-28(37-29(33-26)19-27(34-37)21-5-9-22(31)10-6-21)30(38)36-15-13-35(14-16-36)24-4-2-3-23(32)17-24/h2-12,17-19H,13-16H2,1H3. The second-order valence-corrected chi connectivity index (χ2v) is 10.2. The molecule has 0 spiro atoms. The minimum absolute atomic E-state index is 0.0892. The van der Waals surface area contributed by atoms with E-state index in [1.54, 1.807) is 11.6 Å². The molecule has 196 valence electrons. The number of fused-ring (bicyclic) bond motifs is 1. The molecule has 3 heterocycles. The average molecular weight is 558 g/mol. The molecule has 0 atom stereocenters. The van der Waals surface area contributed by atoms with Crippen molar-refractivity contribution in [3.63, 3.8) is 0 Å². The van der Waals surface area contributed by atoms with Crippen LogP contribution in [0.1, 0.15) is 10.5 Å². The van der Waals surface area contributed by atoms with Crippen molar-refractivity contribution in [1.29, 1.82) is 0 Å².